The Morgan fingerprint density at radius 3 is 2.34 bits per heavy atom. The number of nitrogens with zero attached hydrogens (tertiary/aromatic N) is 1. The summed E-state index contributed by atoms with van der Waals surface area (Å²) < 4.78 is 41.7. The fourth-order valence-corrected chi connectivity index (χ4v) is 4.35. The van der Waals surface area contributed by atoms with Crippen molar-refractivity contribution in [2.24, 2.45) is 0 Å². The lowest BCUT2D eigenvalue weighted by Gasteiger charge is -2.23. The highest BCUT2D eigenvalue weighted by Gasteiger charge is 2.19. The van der Waals surface area contributed by atoms with E-state index in [0.29, 0.717) is 35.8 Å². The van der Waals surface area contributed by atoms with Crippen LogP contribution in [0.1, 0.15) is 37.8 Å². The molecule has 0 aliphatic heterocycles. The van der Waals surface area contributed by atoms with E-state index >= 15 is 0 Å². The van der Waals surface area contributed by atoms with Gasteiger partial charge in [0.1, 0.15) is 5.75 Å². The zero-order chi connectivity index (χ0) is 23.7. The van der Waals surface area contributed by atoms with E-state index in [9.17, 15) is 13.2 Å². The largest absolute Gasteiger partial charge is 0.497 e. The lowest BCUT2D eigenvalue weighted by atomic mass is 10.0. The Kier molecular flexibility index (Phi) is 9.19. The third kappa shape index (κ3) is 6.78. The van der Waals surface area contributed by atoms with Crippen LogP contribution in [0.4, 0.5) is 5.69 Å². The number of carbonyl (C=O) groups excluding carboxylic acids is 1. The average molecular weight is 465 g/mol. The zero-order valence-electron chi connectivity index (χ0n) is 19.3. The van der Waals surface area contributed by atoms with Gasteiger partial charge in [-0.2, -0.15) is 0 Å². The molecular weight excluding hydrogens is 432 g/mol. The van der Waals surface area contributed by atoms with Gasteiger partial charge in [0, 0.05) is 19.0 Å². The highest BCUT2D eigenvalue weighted by molar-refractivity contribution is 7.92. The Bertz CT molecular complexity index is 1010. The van der Waals surface area contributed by atoms with E-state index in [1.165, 1.54) is 11.4 Å². The van der Waals surface area contributed by atoms with E-state index in [1.807, 2.05) is 19.1 Å². The summed E-state index contributed by atoms with van der Waals surface area (Å²) >= 11 is 0. The monoisotopic (exact) mass is 464 g/mol. The number of anilines is 1. The summed E-state index contributed by atoms with van der Waals surface area (Å²) in [5.74, 6) is 1.64. The maximum Gasteiger partial charge on any atom is 0.232 e. The fraction of sp³-hybridized carbons (Fsp3) is 0.435. The van der Waals surface area contributed by atoms with Crippen LogP contribution in [0.2, 0.25) is 0 Å². The van der Waals surface area contributed by atoms with Crippen LogP contribution >= 0.6 is 0 Å². The molecule has 32 heavy (non-hydrogen) atoms. The number of carbonyl (C=O) groups is 1. The molecule has 0 spiro atoms. The van der Waals surface area contributed by atoms with Crippen LogP contribution in [0, 0.1) is 0 Å². The van der Waals surface area contributed by atoms with E-state index in [2.05, 4.69) is 5.32 Å². The van der Waals surface area contributed by atoms with Gasteiger partial charge in [0.05, 0.1) is 39.3 Å². The highest BCUT2D eigenvalue weighted by atomic mass is 32.2. The summed E-state index contributed by atoms with van der Waals surface area (Å²) in [4.78, 5) is 12.6. The summed E-state index contributed by atoms with van der Waals surface area (Å²) in [5, 5.41) is 3.02. The number of hydrogen-bond acceptors (Lipinski definition) is 6. The smallest absolute Gasteiger partial charge is 0.232 e. The Hall–Kier alpha value is -2.94. The summed E-state index contributed by atoms with van der Waals surface area (Å²) in [6.45, 7) is 2.17. The van der Waals surface area contributed by atoms with Gasteiger partial charge in [-0.3, -0.25) is 9.10 Å². The van der Waals surface area contributed by atoms with Crippen LogP contribution in [-0.2, 0) is 14.8 Å². The number of ether oxygens (including phenoxy) is 3. The molecule has 0 fully saturated rings. The van der Waals surface area contributed by atoms with Crippen molar-refractivity contribution in [2.75, 3.05) is 38.4 Å². The Morgan fingerprint density at radius 1 is 1.03 bits per heavy atom. The molecule has 2 aromatic rings. The molecule has 0 heterocycles. The highest BCUT2D eigenvalue weighted by Crippen LogP contribution is 2.31. The molecule has 0 unspecified atom stereocenters. The van der Waals surface area contributed by atoms with E-state index in [1.54, 1.807) is 44.6 Å². The number of amides is 1. The van der Waals surface area contributed by atoms with Crippen molar-refractivity contribution in [3.8, 4) is 17.2 Å². The molecular formula is C23H32N2O6S. The van der Waals surface area contributed by atoms with Crippen molar-refractivity contribution in [3.63, 3.8) is 0 Å². The molecule has 0 aliphatic rings. The first-order valence-corrected chi connectivity index (χ1v) is 12.2. The van der Waals surface area contributed by atoms with E-state index < -0.39 is 10.0 Å². The quantitative estimate of drug-likeness (QED) is 0.517. The second-order valence-corrected chi connectivity index (χ2v) is 9.19. The Labute approximate surface area is 190 Å². The predicted octanol–water partition coefficient (Wildman–Crippen LogP) is 3.53. The number of hydrogen-bond donors (Lipinski definition) is 1. The molecule has 0 aromatic heterocycles. The number of methoxy groups -OCH3 is 3. The van der Waals surface area contributed by atoms with Crippen LogP contribution in [0.5, 0.6) is 17.2 Å². The predicted molar refractivity (Wildman–Crippen MR) is 125 cm³/mol. The minimum atomic E-state index is -3.51. The normalized spacial score (nSPS) is 12.0. The van der Waals surface area contributed by atoms with Gasteiger partial charge in [-0.25, -0.2) is 8.42 Å². The molecule has 0 radical (unpaired) electrons. The first-order valence-electron chi connectivity index (χ1n) is 10.4. The maximum atomic E-state index is 12.6. The molecule has 1 amide bonds. The van der Waals surface area contributed by atoms with Gasteiger partial charge < -0.3 is 19.5 Å². The Balaban J connectivity index is 2.02. The molecule has 176 valence electrons. The van der Waals surface area contributed by atoms with Crippen LogP contribution < -0.4 is 23.8 Å². The standard InChI is InChI=1S/C23H32N2O6S/c1-6-20(17-12-13-21(30-3)22(15-17)31-4)24-23(26)11-8-14-25(32(5,27)28)18-9-7-10-19(16-18)29-2/h7,9-10,12-13,15-16,20H,6,8,11,14H2,1-5H3,(H,24,26)/t20-/m1/s1. The third-order valence-corrected chi connectivity index (χ3v) is 6.25. The first-order chi connectivity index (χ1) is 15.2. The second kappa shape index (κ2) is 11.6. The van der Waals surface area contributed by atoms with E-state index in [4.69, 9.17) is 14.2 Å². The zero-order valence-corrected chi connectivity index (χ0v) is 20.1. The van der Waals surface area contributed by atoms with Crippen molar-refractivity contribution in [1.82, 2.24) is 5.32 Å². The second-order valence-electron chi connectivity index (χ2n) is 7.28. The molecule has 1 N–H and O–H groups in total. The molecule has 0 saturated heterocycles. The molecule has 9 heteroatoms. The number of sulfonamides is 1. The number of rotatable bonds is 12. The molecule has 1 atom stereocenters. The van der Waals surface area contributed by atoms with Crippen LogP contribution in [0.15, 0.2) is 42.5 Å². The van der Waals surface area contributed by atoms with Crippen LogP contribution in [0.3, 0.4) is 0 Å². The van der Waals surface area contributed by atoms with Crippen molar-refractivity contribution in [1.29, 1.82) is 0 Å². The van der Waals surface area contributed by atoms with Gasteiger partial charge in [0.15, 0.2) is 11.5 Å². The Morgan fingerprint density at radius 2 is 1.75 bits per heavy atom. The third-order valence-electron chi connectivity index (χ3n) is 5.06. The number of benzene rings is 2. The summed E-state index contributed by atoms with van der Waals surface area (Å²) in [6.07, 6.45) is 2.41. The van der Waals surface area contributed by atoms with Gasteiger partial charge in [-0.05, 0) is 42.7 Å². The summed E-state index contributed by atoms with van der Waals surface area (Å²) in [7, 11) is 1.16. The first kappa shape index (κ1) is 25.3. The number of nitrogens with one attached hydrogen (secondary N) is 1. The summed E-state index contributed by atoms with van der Waals surface area (Å²) in [6, 6.07) is 12.2. The van der Waals surface area contributed by atoms with Crippen LogP contribution in [-0.4, -0.2) is 48.5 Å². The van der Waals surface area contributed by atoms with Gasteiger partial charge in [-0.15, -0.1) is 0 Å². The van der Waals surface area contributed by atoms with Gasteiger partial charge in [-0.1, -0.05) is 19.1 Å². The van der Waals surface area contributed by atoms with E-state index in [0.717, 1.165) is 11.8 Å². The maximum absolute atomic E-state index is 12.6. The van der Waals surface area contributed by atoms with Gasteiger partial charge in [0.2, 0.25) is 15.9 Å². The average Bonchev–Trinajstić information content (AvgIpc) is 2.78. The minimum absolute atomic E-state index is 0.147. The molecule has 0 bridgehead atoms. The fourth-order valence-electron chi connectivity index (χ4n) is 3.39. The van der Waals surface area contributed by atoms with E-state index in [-0.39, 0.29) is 24.9 Å². The van der Waals surface area contributed by atoms with Crippen molar-refractivity contribution < 1.29 is 27.4 Å². The molecule has 2 aromatic carbocycles. The van der Waals surface area contributed by atoms with Crippen molar-refractivity contribution in [2.45, 2.75) is 32.2 Å². The minimum Gasteiger partial charge on any atom is -0.497 e. The lowest BCUT2D eigenvalue weighted by Crippen LogP contribution is -2.33. The molecule has 2 rings (SSSR count). The topological polar surface area (TPSA) is 94.2 Å². The lowest BCUT2D eigenvalue weighted by molar-refractivity contribution is -0.121. The molecule has 8 nitrogen and oxygen atoms in total. The van der Waals surface area contributed by atoms with Gasteiger partial charge in [0.25, 0.3) is 0 Å². The SMILES string of the molecule is CC[C@@H](NC(=O)CCCN(c1cccc(OC)c1)S(C)(=O)=O)c1ccc(OC)c(OC)c1. The van der Waals surface area contributed by atoms with Crippen molar-refractivity contribution >= 4 is 21.6 Å². The molecule has 0 aliphatic carbocycles. The summed E-state index contributed by atoms with van der Waals surface area (Å²) in [5.41, 5.74) is 1.41. The van der Waals surface area contributed by atoms with Gasteiger partial charge >= 0.3 is 0 Å². The van der Waals surface area contributed by atoms with Crippen LogP contribution in [0.25, 0.3) is 0 Å². The van der Waals surface area contributed by atoms with Crippen molar-refractivity contribution in [3.05, 3.63) is 48.0 Å². The molecule has 0 saturated carbocycles.